The highest BCUT2D eigenvalue weighted by molar-refractivity contribution is 5.79. The molecule has 18 heavy (non-hydrogen) atoms. The van der Waals surface area contributed by atoms with E-state index in [0.717, 1.165) is 25.6 Å². The van der Waals surface area contributed by atoms with E-state index in [1.165, 1.54) is 12.8 Å². The van der Waals surface area contributed by atoms with Crippen LogP contribution in [0.25, 0.3) is 0 Å². The highest BCUT2D eigenvalue weighted by Gasteiger charge is 2.38. The molecule has 6 nitrogen and oxygen atoms in total. The van der Waals surface area contributed by atoms with Crippen LogP contribution in [0.15, 0.2) is 0 Å². The molecular weight excluding hydrogens is 234 g/mol. The van der Waals surface area contributed by atoms with Crippen LogP contribution in [-0.4, -0.2) is 65.2 Å². The van der Waals surface area contributed by atoms with Gasteiger partial charge in [-0.25, -0.2) is 4.79 Å². The molecule has 2 saturated heterocycles. The van der Waals surface area contributed by atoms with Crippen molar-refractivity contribution < 1.29 is 14.7 Å². The van der Waals surface area contributed by atoms with Crippen molar-refractivity contribution in [3.05, 3.63) is 0 Å². The van der Waals surface area contributed by atoms with Gasteiger partial charge in [-0.05, 0) is 19.3 Å². The number of carboxylic acid groups (broad SMARTS) is 1. The van der Waals surface area contributed by atoms with Gasteiger partial charge >= 0.3 is 12.0 Å². The minimum atomic E-state index is -0.806. The van der Waals surface area contributed by atoms with Crippen molar-refractivity contribution in [2.24, 2.45) is 5.92 Å². The molecule has 2 amide bonds. The van der Waals surface area contributed by atoms with Crippen molar-refractivity contribution in [1.82, 2.24) is 15.1 Å². The Hall–Kier alpha value is -1.30. The number of urea groups is 1. The molecule has 0 radical (unpaired) electrons. The van der Waals surface area contributed by atoms with Gasteiger partial charge in [-0.1, -0.05) is 0 Å². The first kappa shape index (κ1) is 11.8. The molecule has 0 aromatic carbocycles. The number of hydrogen-bond acceptors (Lipinski definition) is 3. The van der Waals surface area contributed by atoms with E-state index in [1.807, 2.05) is 0 Å². The Labute approximate surface area is 106 Å². The first-order valence-corrected chi connectivity index (χ1v) is 6.66. The average Bonchev–Trinajstić information content (AvgIpc) is 2.98. The lowest BCUT2D eigenvalue weighted by atomic mass is 10.0. The molecule has 0 aromatic heterocycles. The molecule has 0 spiro atoms. The SMILES string of the molecule is O=C(O)C1CN(C(=O)NC2CCN(C3CC3)C2)C1. The topological polar surface area (TPSA) is 72.9 Å². The summed E-state index contributed by atoms with van der Waals surface area (Å²) in [5.74, 6) is -1.18. The maximum absolute atomic E-state index is 11.8. The number of aliphatic carboxylic acids is 1. The van der Waals surface area contributed by atoms with Crippen molar-refractivity contribution in [3.63, 3.8) is 0 Å². The lowest BCUT2D eigenvalue weighted by molar-refractivity contribution is -0.146. The fourth-order valence-corrected chi connectivity index (χ4v) is 2.74. The first-order chi connectivity index (χ1) is 8.63. The highest BCUT2D eigenvalue weighted by atomic mass is 16.4. The first-order valence-electron chi connectivity index (χ1n) is 6.66. The van der Waals surface area contributed by atoms with Gasteiger partial charge in [0.25, 0.3) is 0 Å². The predicted octanol–water partition coefficient (Wildman–Crippen LogP) is -0.0509. The van der Waals surface area contributed by atoms with Crippen LogP contribution in [0.1, 0.15) is 19.3 Å². The van der Waals surface area contributed by atoms with Gasteiger partial charge in [0.1, 0.15) is 0 Å². The summed E-state index contributed by atoms with van der Waals surface area (Å²) in [6.45, 7) is 2.72. The third-order valence-electron chi connectivity index (χ3n) is 4.13. The van der Waals surface area contributed by atoms with Gasteiger partial charge < -0.3 is 15.3 Å². The number of carbonyl (C=O) groups excluding carboxylic acids is 1. The van der Waals surface area contributed by atoms with E-state index in [4.69, 9.17) is 5.11 Å². The van der Waals surface area contributed by atoms with Crippen LogP contribution >= 0.6 is 0 Å². The summed E-state index contributed by atoms with van der Waals surface area (Å²) in [6, 6.07) is 0.893. The number of nitrogens with one attached hydrogen (secondary N) is 1. The minimum Gasteiger partial charge on any atom is -0.481 e. The van der Waals surface area contributed by atoms with Crippen LogP contribution in [0, 0.1) is 5.92 Å². The van der Waals surface area contributed by atoms with E-state index in [9.17, 15) is 9.59 Å². The Kier molecular flexibility index (Phi) is 2.89. The lowest BCUT2D eigenvalue weighted by Gasteiger charge is -2.37. The normalized spacial score (nSPS) is 29.1. The van der Waals surface area contributed by atoms with Gasteiger partial charge in [-0.2, -0.15) is 0 Å². The monoisotopic (exact) mass is 253 g/mol. The van der Waals surface area contributed by atoms with Gasteiger partial charge in [0.2, 0.25) is 0 Å². The molecule has 100 valence electrons. The summed E-state index contributed by atoms with van der Waals surface area (Å²) in [4.78, 5) is 26.5. The van der Waals surface area contributed by atoms with Crippen molar-refractivity contribution in [2.75, 3.05) is 26.2 Å². The summed E-state index contributed by atoms with van der Waals surface area (Å²) in [5.41, 5.74) is 0. The smallest absolute Gasteiger partial charge is 0.317 e. The molecule has 1 unspecified atom stereocenters. The summed E-state index contributed by atoms with van der Waals surface area (Å²) < 4.78 is 0. The van der Waals surface area contributed by atoms with Crippen molar-refractivity contribution in [3.8, 4) is 0 Å². The molecule has 1 aliphatic carbocycles. The Balaban J connectivity index is 1.41. The molecule has 3 rings (SSSR count). The van der Waals surface area contributed by atoms with Crippen LogP contribution in [0.2, 0.25) is 0 Å². The third-order valence-corrected chi connectivity index (χ3v) is 4.13. The number of amides is 2. The molecular formula is C12H19N3O3. The zero-order chi connectivity index (χ0) is 12.7. The van der Waals surface area contributed by atoms with Gasteiger partial charge in [-0.15, -0.1) is 0 Å². The van der Waals surface area contributed by atoms with Crippen molar-refractivity contribution in [1.29, 1.82) is 0 Å². The molecule has 6 heteroatoms. The zero-order valence-electron chi connectivity index (χ0n) is 10.3. The summed E-state index contributed by atoms with van der Waals surface area (Å²) in [7, 11) is 0. The van der Waals surface area contributed by atoms with E-state index in [0.29, 0.717) is 13.1 Å². The summed E-state index contributed by atoms with van der Waals surface area (Å²) in [6.07, 6.45) is 3.61. The van der Waals surface area contributed by atoms with Crippen molar-refractivity contribution >= 4 is 12.0 Å². The number of likely N-dealkylation sites (tertiary alicyclic amines) is 2. The number of rotatable bonds is 3. The zero-order valence-corrected chi connectivity index (χ0v) is 10.3. The Morgan fingerprint density at radius 1 is 1.11 bits per heavy atom. The average molecular weight is 253 g/mol. The van der Waals surface area contributed by atoms with Crippen LogP contribution in [-0.2, 0) is 4.79 Å². The summed E-state index contributed by atoms with van der Waals surface area (Å²) in [5, 5.41) is 11.8. The molecule has 1 atom stereocenters. The second kappa shape index (κ2) is 4.42. The standard InChI is InChI=1S/C12H19N3O3/c16-11(17)8-5-15(6-8)12(18)13-9-3-4-14(7-9)10-1-2-10/h8-10H,1-7H2,(H,13,18)(H,16,17). The van der Waals surface area contributed by atoms with Crippen LogP contribution < -0.4 is 5.32 Å². The maximum atomic E-state index is 11.8. The molecule has 0 bridgehead atoms. The van der Waals surface area contributed by atoms with Gasteiger partial charge in [0, 0.05) is 38.3 Å². The van der Waals surface area contributed by atoms with E-state index in [-0.39, 0.29) is 18.0 Å². The fourth-order valence-electron chi connectivity index (χ4n) is 2.74. The molecule has 2 N–H and O–H groups in total. The number of hydrogen-bond donors (Lipinski definition) is 2. The Morgan fingerprint density at radius 2 is 1.83 bits per heavy atom. The summed E-state index contributed by atoms with van der Waals surface area (Å²) >= 11 is 0. The lowest BCUT2D eigenvalue weighted by Crippen LogP contribution is -2.57. The second-order valence-electron chi connectivity index (χ2n) is 5.60. The molecule has 2 aliphatic heterocycles. The number of carboxylic acids is 1. The van der Waals surface area contributed by atoms with Crippen LogP contribution in [0.5, 0.6) is 0 Å². The van der Waals surface area contributed by atoms with Crippen LogP contribution in [0.4, 0.5) is 4.79 Å². The number of carbonyl (C=O) groups is 2. The van der Waals surface area contributed by atoms with Gasteiger partial charge in [0.15, 0.2) is 0 Å². The molecule has 3 fully saturated rings. The quantitative estimate of drug-likeness (QED) is 0.739. The fraction of sp³-hybridized carbons (Fsp3) is 0.833. The predicted molar refractivity (Wildman–Crippen MR) is 64.2 cm³/mol. The molecule has 3 aliphatic rings. The van der Waals surface area contributed by atoms with E-state index in [1.54, 1.807) is 4.90 Å². The molecule has 2 heterocycles. The highest BCUT2D eigenvalue weighted by Crippen LogP contribution is 2.29. The van der Waals surface area contributed by atoms with E-state index >= 15 is 0 Å². The van der Waals surface area contributed by atoms with Gasteiger partial charge in [0.05, 0.1) is 5.92 Å². The second-order valence-corrected chi connectivity index (χ2v) is 5.60. The van der Waals surface area contributed by atoms with Crippen molar-refractivity contribution in [2.45, 2.75) is 31.3 Å². The largest absolute Gasteiger partial charge is 0.481 e. The molecule has 1 saturated carbocycles. The number of nitrogens with zero attached hydrogens (tertiary/aromatic N) is 2. The Morgan fingerprint density at radius 3 is 2.44 bits per heavy atom. The maximum Gasteiger partial charge on any atom is 0.317 e. The minimum absolute atomic E-state index is 0.102. The Bertz CT molecular complexity index is 364. The van der Waals surface area contributed by atoms with Crippen LogP contribution in [0.3, 0.4) is 0 Å². The molecule has 0 aromatic rings. The third kappa shape index (κ3) is 2.29. The van der Waals surface area contributed by atoms with Gasteiger partial charge in [-0.3, -0.25) is 9.69 Å². The van der Waals surface area contributed by atoms with E-state index in [2.05, 4.69) is 10.2 Å². The van der Waals surface area contributed by atoms with E-state index < -0.39 is 5.97 Å².